The van der Waals surface area contributed by atoms with Crippen molar-refractivity contribution in [2.24, 2.45) is 0 Å². The lowest BCUT2D eigenvalue weighted by atomic mass is 10.1. The third kappa shape index (κ3) is 6.39. The zero-order valence-electron chi connectivity index (χ0n) is 13.7. The van der Waals surface area contributed by atoms with Gasteiger partial charge in [0, 0.05) is 30.3 Å². The Kier molecular flexibility index (Phi) is 6.29. The summed E-state index contributed by atoms with van der Waals surface area (Å²) in [6, 6.07) is 2.99. The quantitative estimate of drug-likeness (QED) is 0.874. The molecule has 22 heavy (non-hydrogen) atoms. The van der Waals surface area contributed by atoms with Crippen molar-refractivity contribution in [1.82, 2.24) is 10.6 Å². The fourth-order valence-corrected chi connectivity index (χ4v) is 1.88. The molecule has 0 aliphatic heterocycles. The highest BCUT2D eigenvalue weighted by Gasteiger charge is 2.18. The summed E-state index contributed by atoms with van der Waals surface area (Å²) in [6.07, 6.45) is -0.498. The standard InChI is InChI=1S/C16H24F2N2O2/c1-10(20-15(21)22-16(3,4)5)9-19-11(2)13-7-6-12(17)8-14(13)18/h6-8,10-11,19H,9H2,1-5H3,(H,20,21). The highest BCUT2D eigenvalue weighted by Crippen LogP contribution is 2.17. The lowest BCUT2D eigenvalue weighted by Gasteiger charge is -2.23. The van der Waals surface area contributed by atoms with Crippen LogP contribution in [0.25, 0.3) is 0 Å². The average molecular weight is 314 g/mol. The van der Waals surface area contributed by atoms with Crippen LogP contribution < -0.4 is 10.6 Å². The van der Waals surface area contributed by atoms with Crippen molar-refractivity contribution in [2.75, 3.05) is 6.54 Å². The Bertz CT molecular complexity index is 515. The van der Waals surface area contributed by atoms with E-state index in [1.165, 1.54) is 12.1 Å². The van der Waals surface area contributed by atoms with Gasteiger partial charge in [0.05, 0.1) is 0 Å². The zero-order valence-corrected chi connectivity index (χ0v) is 13.7. The number of rotatable bonds is 5. The third-order valence-electron chi connectivity index (χ3n) is 2.92. The van der Waals surface area contributed by atoms with Crippen molar-refractivity contribution in [3.8, 4) is 0 Å². The number of hydrogen-bond donors (Lipinski definition) is 2. The molecule has 2 atom stereocenters. The Morgan fingerprint density at radius 3 is 2.45 bits per heavy atom. The summed E-state index contributed by atoms with van der Waals surface area (Å²) >= 11 is 0. The molecule has 1 amide bonds. The predicted octanol–water partition coefficient (Wildman–Crippen LogP) is 3.53. The first kappa shape index (κ1) is 18.4. The van der Waals surface area contributed by atoms with Gasteiger partial charge in [-0.05, 0) is 40.7 Å². The van der Waals surface area contributed by atoms with Gasteiger partial charge in [-0.3, -0.25) is 0 Å². The van der Waals surface area contributed by atoms with Crippen LogP contribution in [-0.4, -0.2) is 24.3 Å². The Hall–Kier alpha value is -1.69. The van der Waals surface area contributed by atoms with Crippen LogP contribution in [0.5, 0.6) is 0 Å². The van der Waals surface area contributed by atoms with Crippen LogP contribution in [0, 0.1) is 11.6 Å². The summed E-state index contributed by atoms with van der Waals surface area (Å²) in [5, 5.41) is 5.78. The number of carbonyl (C=O) groups is 1. The molecule has 0 saturated carbocycles. The normalized spacial score (nSPS) is 14.3. The van der Waals surface area contributed by atoms with Crippen molar-refractivity contribution in [3.05, 3.63) is 35.4 Å². The molecule has 0 spiro atoms. The fraction of sp³-hybridized carbons (Fsp3) is 0.562. The van der Waals surface area contributed by atoms with E-state index in [-0.39, 0.29) is 12.1 Å². The third-order valence-corrected chi connectivity index (χ3v) is 2.92. The number of halogens is 2. The molecule has 1 aromatic rings. The van der Waals surface area contributed by atoms with Crippen molar-refractivity contribution in [3.63, 3.8) is 0 Å². The SMILES string of the molecule is CC(CNC(C)c1ccc(F)cc1F)NC(=O)OC(C)(C)C. The molecule has 124 valence electrons. The molecule has 0 radical (unpaired) electrons. The molecule has 1 aromatic carbocycles. The van der Waals surface area contributed by atoms with Gasteiger partial charge >= 0.3 is 6.09 Å². The molecule has 0 bridgehead atoms. The zero-order chi connectivity index (χ0) is 16.9. The predicted molar refractivity (Wildman–Crippen MR) is 81.6 cm³/mol. The number of alkyl carbamates (subject to hydrolysis) is 1. The average Bonchev–Trinajstić information content (AvgIpc) is 2.33. The second kappa shape index (κ2) is 7.54. The van der Waals surface area contributed by atoms with E-state index in [0.29, 0.717) is 12.1 Å². The summed E-state index contributed by atoms with van der Waals surface area (Å²) < 4.78 is 31.7. The number of amides is 1. The van der Waals surface area contributed by atoms with Gasteiger partial charge in [0.25, 0.3) is 0 Å². The maximum atomic E-state index is 13.7. The van der Waals surface area contributed by atoms with Crippen molar-refractivity contribution in [1.29, 1.82) is 0 Å². The van der Waals surface area contributed by atoms with Gasteiger partial charge in [-0.2, -0.15) is 0 Å². The molecular weight excluding hydrogens is 290 g/mol. The first-order valence-corrected chi connectivity index (χ1v) is 7.26. The van der Waals surface area contributed by atoms with Gasteiger partial charge in [-0.25, -0.2) is 13.6 Å². The first-order chi connectivity index (χ1) is 10.1. The number of ether oxygens (including phenoxy) is 1. The number of hydrogen-bond acceptors (Lipinski definition) is 3. The molecule has 6 heteroatoms. The summed E-state index contributed by atoms with van der Waals surface area (Å²) in [5.74, 6) is -1.19. The van der Waals surface area contributed by atoms with E-state index in [2.05, 4.69) is 10.6 Å². The van der Waals surface area contributed by atoms with Crippen LogP contribution in [-0.2, 0) is 4.74 Å². The number of carbonyl (C=O) groups excluding carboxylic acids is 1. The van der Waals surface area contributed by atoms with Gasteiger partial charge in [0.2, 0.25) is 0 Å². The molecule has 0 saturated heterocycles. The smallest absolute Gasteiger partial charge is 0.407 e. The van der Waals surface area contributed by atoms with Crippen molar-refractivity contribution >= 4 is 6.09 Å². The molecule has 1 rings (SSSR count). The van der Waals surface area contributed by atoms with Gasteiger partial charge in [-0.15, -0.1) is 0 Å². The van der Waals surface area contributed by atoms with E-state index in [1.54, 1.807) is 27.7 Å². The monoisotopic (exact) mass is 314 g/mol. The summed E-state index contributed by atoms with van der Waals surface area (Å²) in [7, 11) is 0. The second-order valence-corrected chi connectivity index (χ2v) is 6.34. The van der Waals surface area contributed by atoms with Crippen LogP contribution in [0.15, 0.2) is 18.2 Å². The Labute approximate surface area is 130 Å². The van der Waals surface area contributed by atoms with Crippen molar-refractivity contribution < 1.29 is 18.3 Å². The van der Waals surface area contributed by atoms with E-state index in [1.807, 2.05) is 6.92 Å². The van der Waals surface area contributed by atoms with Crippen LogP contribution in [0.3, 0.4) is 0 Å². The maximum Gasteiger partial charge on any atom is 0.407 e. The van der Waals surface area contributed by atoms with Crippen LogP contribution in [0.4, 0.5) is 13.6 Å². The lowest BCUT2D eigenvalue weighted by Crippen LogP contribution is -2.43. The molecule has 0 fully saturated rings. The molecule has 0 aromatic heterocycles. The minimum Gasteiger partial charge on any atom is -0.444 e. The molecule has 4 nitrogen and oxygen atoms in total. The first-order valence-electron chi connectivity index (χ1n) is 7.26. The van der Waals surface area contributed by atoms with E-state index in [0.717, 1.165) is 6.07 Å². The number of nitrogens with one attached hydrogen (secondary N) is 2. The molecule has 0 aliphatic carbocycles. The minimum atomic E-state index is -0.603. The molecule has 0 aliphatic rings. The van der Waals surface area contributed by atoms with E-state index in [9.17, 15) is 13.6 Å². The Morgan fingerprint density at radius 1 is 1.27 bits per heavy atom. The fourth-order valence-electron chi connectivity index (χ4n) is 1.88. The Balaban J connectivity index is 2.46. The molecular formula is C16H24F2N2O2. The summed E-state index contributed by atoms with van der Waals surface area (Å²) in [5.41, 5.74) is -0.173. The summed E-state index contributed by atoms with van der Waals surface area (Å²) in [4.78, 5) is 11.6. The molecule has 2 N–H and O–H groups in total. The summed E-state index contributed by atoms with van der Waals surface area (Å²) in [6.45, 7) is 9.37. The lowest BCUT2D eigenvalue weighted by molar-refractivity contribution is 0.0507. The molecule has 0 heterocycles. The van der Waals surface area contributed by atoms with Crippen LogP contribution in [0.2, 0.25) is 0 Å². The van der Waals surface area contributed by atoms with Gasteiger partial charge in [0.15, 0.2) is 0 Å². The van der Waals surface area contributed by atoms with E-state index < -0.39 is 23.3 Å². The van der Waals surface area contributed by atoms with Crippen LogP contribution in [0.1, 0.15) is 46.2 Å². The number of benzene rings is 1. The topological polar surface area (TPSA) is 50.4 Å². The maximum absolute atomic E-state index is 13.7. The highest BCUT2D eigenvalue weighted by molar-refractivity contribution is 5.68. The highest BCUT2D eigenvalue weighted by atomic mass is 19.1. The van der Waals surface area contributed by atoms with Gasteiger partial charge < -0.3 is 15.4 Å². The van der Waals surface area contributed by atoms with Crippen molar-refractivity contribution in [2.45, 2.75) is 52.3 Å². The van der Waals surface area contributed by atoms with E-state index in [4.69, 9.17) is 4.74 Å². The molecule has 2 unspecified atom stereocenters. The second-order valence-electron chi connectivity index (χ2n) is 6.34. The Morgan fingerprint density at radius 2 is 1.91 bits per heavy atom. The van der Waals surface area contributed by atoms with Crippen LogP contribution >= 0.6 is 0 Å². The largest absolute Gasteiger partial charge is 0.444 e. The van der Waals surface area contributed by atoms with Gasteiger partial charge in [0.1, 0.15) is 17.2 Å². The van der Waals surface area contributed by atoms with Gasteiger partial charge in [-0.1, -0.05) is 6.07 Å². The van der Waals surface area contributed by atoms with E-state index >= 15 is 0 Å². The minimum absolute atomic E-state index is 0.194.